The molecule has 1 atom stereocenters. The minimum absolute atomic E-state index is 0.129. The second-order valence-corrected chi connectivity index (χ2v) is 8.66. The number of hydrogen-bond acceptors (Lipinski definition) is 6. The van der Waals surface area contributed by atoms with Gasteiger partial charge in [0, 0.05) is 23.9 Å². The van der Waals surface area contributed by atoms with Crippen molar-refractivity contribution in [3.8, 4) is 11.5 Å². The Morgan fingerprint density at radius 1 is 1.05 bits per heavy atom. The first-order valence-electron chi connectivity index (χ1n) is 11.5. The Labute approximate surface area is 219 Å². The lowest BCUT2D eigenvalue weighted by Gasteiger charge is -2.26. The molecule has 3 aromatic rings. The number of halogens is 1. The smallest absolute Gasteiger partial charge is 0.300 e. The standard InChI is InChI=1S/C28H25ClN2O6/c1-4-37-21-12-13-23(29)22(15-21)26(33)24-25(17-8-10-20(36-3)11-9-17)31(28(35)27(24)34)19-7-5-6-18(14-19)30-16(2)32/h5-15,25,33H,4H2,1-3H3,(H,30,32)/b26-24+. The minimum Gasteiger partial charge on any atom is -0.507 e. The highest BCUT2D eigenvalue weighted by molar-refractivity contribution is 6.52. The monoisotopic (exact) mass is 520 g/mol. The molecule has 0 spiro atoms. The van der Waals surface area contributed by atoms with Gasteiger partial charge in [0.1, 0.15) is 17.3 Å². The van der Waals surface area contributed by atoms with Gasteiger partial charge >= 0.3 is 0 Å². The third kappa shape index (κ3) is 5.15. The minimum atomic E-state index is -0.981. The van der Waals surface area contributed by atoms with E-state index in [9.17, 15) is 19.5 Å². The maximum atomic E-state index is 13.4. The van der Waals surface area contributed by atoms with Crippen molar-refractivity contribution in [1.82, 2.24) is 0 Å². The van der Waals surface area contributed by atoms with Crippen LogP contribution in [-0.4, -0.2) is 36.4 Å². The van der Waals surface area contributed by atoms with Crippen LogP contribution in [0.1, 0.15) is 31.0 Å². The molecule has 0 bridgehead atoms. The molecule has 0 aromatic heterocycles. The first kappa shape index (κ1) is 25.8. The quantitative estimate of drug-likeness (QED) is 0.248. The molecule has 0 radical (unpaired) electrons. The van der Waals surface area contributed by atoms with Crippen molar-refractivity contribution in [2.75, 3.05) is 23.9 Å². The summed E-state index contributed by atoms with van der Waals surface area (Å²) in [5.74, 6) is -1.38. The zero-order valence-corrected chi connectivity index (χ0v) is 21.2. The van der Waals surface area contributed by atoms with Gasteiger partial charge in [0.05, 0.1) is 30.4 Å². The van der Waals surface area contributed by atoms with Crippen LogP contribution < -0.4 is 19.7 Å². The Balaban J connectivity index is 1.93. The molecule has 190 valence electrons. The zero-order valence-electron chi connectivity index (χ0n) is 20.4. The van der Waals surface area contributed by atoms with Gasteiger partial charge in [-0.15, -0.1) is 0 Å². The summed E-state index contributed by atoms with van der Waals surface area (Å²) in [6.45, 7) is 3.58. The molecule has 2 N–H and O–H groups in total. The molecular weight excluding hydrogens is 496 g/mol. The van der Waals surface area contributed by atoms with Crippen LogP contribution in [-0.2, 0) is 14.4 Å². The number of anilines is 2. The van der Waals surface area contributed by atoms with Crippen LogP contribution in [0.15, 0.2) is 72.3 Å². The second-order valence-electron chi connectivity index (χ2n) is 8.25. The maximum absolute atomic E-state index is 13.4. The number of carbonyl (C=O) groups excluding carboxylic acids is 3. The fourth-order valence-electron chi connectivity index (χ4n) is 4.22. The number of Topliss-reactive ketones (excluding diaryl/α,β-unsaturated/α-hetero) is 1. The molecule has 1 fully saturated rings. The number of aliphatic hydroxyl groups is 1. The van der Waals surface area contributed by atoms with E-state index < -0.39 is 23.5 Å². The molecule has 2 amide bonds. The van der Waals surface area contributed by atoms with Crippen molar-refractivity contribution >= 4 is 46.3 Å². The van der Waals surface area contributed by atoms with E-state index in [1.165, 1.54) is 25.0 Å². The number of hydrogen-bond donors (Lipinski definition) is 2. The summed E-state index contributed by atoms with van der Waals surface area (Å²) in [6.07, 6.45) is 0. The van der Waals surface area contributed by atoms with Crippen LogP contribution in [0.2, 0.25) is 5.02 Å². The Morgan fingerprint density at radius 3 is 2.41 bits per heavy atom. The molecule has 1 unspecified atom stereocenters. The summed E-state index contributed by atoms with van der Waals surface area (Å²) in [4.78, 5) is 39.7. The van der Waals surface area contributed by atoms with Crippen LogP contribution in [0.3, 0.4) is 0 Å². The van der Waals surface area contributed by atoms with Gasteiger partial charge in [-0.2, -0.15) is 0 Å². The molecule has 1 heterocycles. The normalized spacial score (nSPS) is 16.5. The number of rotatable bonds is 7. The Morgan fingerprint density at radius 2 is 1.76 bits per heavy atom. The fraction of sp³-hybridized carbons (Fsp3) is 0.179. The summed E-state index contributed by atoms with van der Waals surface area (Å²) >= 11 is 6.39. The number of methoxy groups -OCH3 is 1. The van der Waals surface area contributed by atoms with Gasteiger partial charge in [-0.1, -0.05) is 29.8 Å². The lowest BCUT2D eigenvalue weighted by Crippen LogP contribution is -2.29. The van der Waals surface area contributed by atoms with Gasteiger partial charge in [-0.25, -0.2) is 0 Å². The van der Waals surface area contributed by atoms with Gasteiger partial charge in [0.25, 0.3) is 11.7 Å². The molecule has 9 heteroatoms. The predicted octanol–water partition coefficient (Wildman–Crippen LogP) is 5.33. The van der Waals surface area contributed by atoms with E-state index in [0.717, 1.165) is 0 Å². The van der Waals surface area contributed by atoms with E-state index in [0.29, 0.717) is 35.0 Å². The Hall–Kier alpha value is -4.30. The first-order valence-corrected chi connectivity index (χ1v) is 11.9. The predicted molar refractivity (Wildman–Crippen MR) is 141 cm³/mol. The third-order valence-electron chi connectivity index (χ3n) is 5.82. The summed E-state index contributed by atoms with van der Waals surface area (Å²) in [6, 6.07) is 17.1. The number of carbonyl (C=O) groups is 3. The third-order valence-corrected chi connectivity index (χ3v) is 6.15. The topological polar surface area (TPSA) is 105 Å². The van der Waals surface area contributed by atoms with E-state index >= 15 is 0 Å². The van der Waals surface area contributed by atoms with Gasteiger partial charge in [0.2, 0.25) is 5.91 Å². The molecule has 3 aromatic carbocycles. The number of nitrogens with zero attached hydrogens (tertiary/aromatic N) is 1. The second kappa shape index (κ2) is 10.8. The van der Waals surface area contributed by atoms with Crippen molar-refractivity contribution in [3.63, 3.8) is 0 Å². The van der Waals surface area contributed by atoms with Crippen LogP contribution in [0, 0.1) is 0 Å². The molecule has 1 saturated heterocycles. The van der Waals surface area contributed by atoms with Gasteiger partial charge in [-0.05, 0) is 61.0 Å². The largest absolute Gasteiger partial charge is 0.507 e. The van der Waals surface area contributed by atoms with Crippen molar-refractivity contribution in [1.29, 1.82) is 0 Å². The molecule has 1 aliphatic heterocycles. The van der Waals surface area contributed by atoms with Gasteiger partial charge < -0.3 is 19.9 Å². The number of aliphatic hydroxyl groups excluding tert-OH is 1. The fourth-order valence-corrected chi connectivity index (χ4v) is 4.43. The summed E-state index contributed by atoms with van der Waals surface area (Å²) in [5, 5.41) is 14.3. The first-order chi connectivity index (χ1) is 17.7. The summed E-state index contributed by atoms with van der Waals surface area (Å²) in [7, 11) is 1.53. The molecule has 4 rings (SSSR count). The number of nitrogens with one attached hydrogen (secondary N) is 1. The summed E-state index contributed by atoms with van der Waals surface area (Å²) in [5.41, 5.74) is 1.41. The number of amides is 2. The van der Waals surface area contributed by atoms with E-state index in [2.05, 4.69) is 5.32 Å². The van der Waals surface area contributed by atoms with Crippen LogP contribution in [0.4, 0.5) is 11.4 Å². The highest BCUT2D eigenvalue weighted by Gasteiger charge is 2.47. The highest BCUT2D eigenvalue weighted by Crippen LogP contribution is 2.44. The average Bonchev–Trinajstić information content (AvgIpc) is 3.15. The lowest BCUT2D eigenvalue weighted by molar-refractivity contribution is -0.132. The van der Waals surface area contributed by atoms with E-state index in [-0.39, 0.29) is 22.1 Å². The molecule has 8 nitrogen and oxygen atoms in total. The number of benzene rings is 3. The molecular formula is C28H25ClN2O6. The molecule has 0 saturated carbocycles. The Kier molecular flexibility index (Phi) is 7.50. The highest BCUT2D eigenvalue weighted by atomic mass is 35.5. The van der Waals surface area contributed by atoms with E-state index in [4.69, 9.17) is 21.1 Å². The number of ether oxygens (including phenoxy) is 2. The van der Waals surface area contributed by atoms with Crippen molar-refractivity contribution in [2.24, 2.45) is 0 Å². The van der Waals surface area contributed by atoms with E-state index in [1.54, 1.807) is 60.7 Å². The molecule has 1 aliphatic rings. The molecule has 0 aliphatic carbocycles. The van der Waals surface area contributed by atoms with Crippen molar-refractivity contribution in [3.05, 3.63) is 88.5 Å². The average molecular weight is 521 g/mol. The maximum Gasteiger partial charge on any atom is 0.300 e. The summed E-state index contributed by atoms with van der Waals surface area (Å²) < 4.78 is 10.8. The van der Waals surface area contributed by atoms with Crippen LogP contribution >= 0.6 is 11.6 Å². The zero-order chi connectivity index (χ0) is 26.7. The van der Waals surface area contributed by atoms with Crippen molar-refractivity contribution < 1.29 is 29.0 Å². The van der Waals surface area contributed by atoms with Gasteiger partial charge in [0.15, 0.2) is 0 Å². The SMILES string of the molecule is CCOc1ccc(Cl)c(/C(O)=C2\C(=O)C(=O)N(c3cccc(NC(C)=O)c3)C2c2ccc(OC)cc2)c1. The lowest BCUT2D eigenvalue weighted by atomic mass is 9.95. The Bertz CT molecular complexity index is 1400. The van der Waals surface area contributed by atoms with E-state index in [1.807, 2.05) is 6.92 Å². The van der Waals surface area contributed by atoms with Crippen molar-refractivity contribution in [2.45, 2.75) is 19.9 Å². The van der Waals surface area contributed by atoms with Crippen LogP contribution in [0.25, 0.3) is 5.76 Å². The molecule has 37 heavy (non-hydrogen) atoms. The van der Waals surface area contributed by atoms with Crippen LogP contribution in [0.5, 0.6) is 11.5 Å². The number of ketones is 1. The van der Waals surface area contributed by atoms with Gasteiger partial charge in [-0.3, -0.25) is 19.3 Å².